The Morgan fingerprint density at radius 3 is 3.07 bits per heavy atom. The Morgan fingerprint density at radius 1 is 1.36 bits per heavy atom. The predicted octanol–water partition coefficient (Wildman–Crippen LogP) is 1.92. The second-order valence-electron chi connectivity index (χ2n) is 3.73. The Hall–Kier alpha value is -1.58. The van der Waals surface area contributed by atoms with E-state index in [2.05, 4.69) is 20.3 Å². The van der Waals surface area contributed by atoms with Crippen LogP contribution in [0.15, 0.2) is 18.6 Å². The number of nitrogens with one attached hydrogen (secondary N) is 2. The third kappa shape index (κ3) is 1.14. The van der Waals surface area contributed by atoms with Gasteiger partial charge in [0.2, 0.25) is 0 Å². The van der Waals surface area contributed by atoms with Gasteiger partial charge in [0.25, 0.3) is 0 Å². The van der Waals surface area contributed by atoms with Gasteiger partial charge in [0.1, 0.15) is 17.8 Å². The summed E-state index contributed by atoms with van der Waals surface area (Å²) < 4.78 is 0. The summed E-state index contributed by atoms with van der Waals surface area (Å²) in [5.41, 5.74) is 0.904. The van der Waals surface area contributed by atoms with Crippen LogP contribution < -0.4 is 5.32 Å². The Kier molecular flexibility index (Phi) is 1.65. The van der Waals surface area contributed by atoms with Crippen LogP contribution >= 0.6 is 0 Å². The van der Waals surface area contributed by atoms with Gasteiger partial charge in [0, 0.05) is 12.2 Å². The van der Waals surface area contributed by atoms with Crippen molar-refractivity contribution in [3.05, 3.63) is 18.6 Å². The number of H-pyrrole nitrogens is 1. The van der Waals surface area contributed by atoms with Gasteiger partial charge >= 0.3 is 0 Å². The fourth-order valence-corrected chi connectivity index (χ4v) is 1.73. The third-order valence-corrected chi connectivity index (χ3v) is 2.80. The molecule has 0 bridgehead atoms. The van der Waals surface area contributed by atoms with E-state index in [1.807, 2.05) is 12.3 Å². The summed E-state index contributed by atoms with van der Waals surface area (Å²) in [4.78, 5) is 11.5. The Bertz CT molecular complexity index is 444. The molecule has 72 valence electrons. The Labute approximate surface area is 81.8 Å². The summed E-state index contributed by atoms with van der Waals surface area (Å²) in [7, 11) is 0. The summed E-state index contributed by atoms with van der Waals surface area (Å²) in [6, 6.07) is 2.62. The smallest absolute Gasteiger partial charge is 0.142 e. The van der Waals surface area contributed by atoms with Gasteiger partial charge in [-0.15, -0.1) is 0 Å². The van der Waals surface area contributed by atoms with Gasteiger partial charge < -0.3 is 10.3 Å². The van der Waals surface area contributed by atoms with Gasteiger partial charge in [-0.2, -0.15) is 0 Å². The zero-order chi connectivity index (χ0) is 9.38. The van der Waals surface area contributed by atoms with E-state index in [4.69, 9.17) is 0 Å². The van der Waals surface area contributed by atoms with Gasteiger partial charge in [-0.25, -0.2) is 9.97 Å². The first-order valence-electron chi connectivity index (χ1n) is 4.98. The molecule has 0 radical (unpaired) electrons. The number of hydrogen-bond acceptors (Lipinski definition) is 3. The Balaban J connectivity index is 1.97. The highest BCUT2D eigenvalue weighted by Gasteiger charge is 2.18. The van der Waals surface area contributed by atoms with Crippen LogP contribution in [0.4, 0.5) is 5.82 Å². The van der Waals surface area contributed by atoms with Crippen LogP contribution in [-0.2, 0) is 0 Å². The van der Waals surface area contributed by atoms with Crippen LogP contribution in [0.1, 0.15) is 19.3 Å². The van der Waals surface area contributed by atoms with Gasteiger partial charge in [-0.05, 0) is 25.3 Å². The van der Waals surface area contributed by atoms with E-state index in [0.29, 0.717) is 6.04 Å². The quantitative estimate of drug-likeness (QED) is 0.757. The van der Waals surface area contributed by atoms with E-state index in [9.17, 15) is 0 Å². The number of aromatic amines is 1. The summed E-state index contributed by atoms with van der Waals surface area (Å²) in [6.45, 7) is 0. The average molecular weight is 188 g/mol. The molecule has 0 amide bonds. The zero-order valence-corrected chi connectivity index (χ0v) is 7.83. The summed E-state index contributed by atoms with van der Waals surface area (Å²) in [6.07, 6.45) is 7.34. The molecular weight excluding hydrogens is 176 g/mol. The molecule has 2 N–H and O–H groups in total. The summed E-state index contributed by atoms with van der Waals surface area (Å²) in [5, 5.41) is 4.52. The van der Waals surface area contributed by atoms with Crippen LogP contribution in [-0.4, -0.2) is 21.0 Å². The summed E-state index contributed by atoms with van der Waals surface area (Å²) in [5.74, 6) is 0.959. The second kappa shape index (κ2) is 2.97. The highest BCUT2D eigenvalue weighted by molar-refractivity contribution is 5.86. The lowest BCUT2D eigenvalue weighted by molar-refractivity contribution is 0.445. The molecule has 0 spiro atoms. The van der Waals surface area contributed by atoms with Crippen LogP contribution in [0.3, 0.4) is 0 Å². The van der Waals surface area contributed by atoms with E-state index in [-0.39, 0.29) is 0 Å². The number of nitrogens with zero attached hydrogens (tertiary/aromatic N) is 2. The minimum absolute atomic E-state index is 0.614. The Morgan fingerprint density at radius 2 is 2.29 bits per heavy atom. The maximum absolute atomic E-state index is 4.26. The van der Waals surface area contributed by atoms with Crippen molar-refractivity contribution in [1.82, 2.24) is 15.0 Å². The van der Waals surface area contributed by atoms with Gasteiger partial charge in [-0.3, -0.25) is 0 Å². The monoisotopic (exact) mass is 188 g/mol. The van der Waals surface area contributed by atoms with Crippen LogP contribution in [0, 0.1) is 0 Å². The van der Waals surface area contributed by atoms with Crippen molar-refractivity contribution in [3.8, 4) is 0 Å². The van der Waals surface area contributed by atoms with Gasteiger partial charge in [-0.1, -0.05) is 0 Å². The first-order valence-corrected chi connectivity index (χ1v) is 4.98. The molecule has 4 nitrogen and oxygen atoms in total. The highest BCUT2D eigenvalue weighted by Crippen LogP contribution is 2.25. The molecule has 2 aromatic rings. The third-order valence-electron chi connectivity index (χ3n) is 2.80. The molecule has 0 aliphatic heterocycles. The molecule has 3 rings (SSSR count). The lowest BCUT2D eigenvalue weighted by atomic mass is 9.93. The molecule has 1 fully saturated rings. The number of anilines is 1. The first-order chi connectivity index (χ1) is 6.93. The van der Waals surface area contributed by atoms with Crippen molar-refractivity contribution in [3.63, 3.8) is 0 Å². The molecular formula is C10H12N4. The minimum atomic E-state index is 0.614. The molecule has 2 aromatic heterocycles. The zero-order valence-electron chi connectivity index (χ0n) is 7.83. The van der Waals surface area contributed by atoms with Crippen LogP contribution in [0.5, 0.6) is 0 Å². The van der Waals surface area contributed by atoms with Crippen molar-refractivity contribution in [2.45, 2.75) is 25.3 Å². The SMILES string of the molecule is c1nc(NC2CCC2)c2cc[nH]c2n1. The van der Waals surface area contributed by atoms with E-state index in [1.54, 1.807) is 6.33 Å². The van der Waals surface area contributed by atoms with Crippen molar-refractivity contribution in [1.29, 1.82) is 0 Å². The highest BCUT2D eigenvalue weighted by atomic mass is 15.1. The molecule has 0 atom stereocenters. The molecule has 1 aliphatic carbocycles. The van der Waals surface area contributed by atoms with E-state index >= 15 is 0 Å². The van der Waals surface area contributed by atoms with E-state index < -0.39 is 0 Å². The van der Waals surface area contributed by atoms with Crippen molar-refractivity contribution < 1.29 is 0 Å². The lowest BCUT2D eigenvalue weighted by Crippen LogP contribution is -2.27. The van der Waals surface area contributed by atoms with Crippen LogP contribution in [0.2, 0.25) is 0 Å². The first kappa shape index (κ1) is 7.79. The van der Waals surface area contributed by atoms with E-state index in [0.717, 1.165) is 16.9 Å². The fraction of sp³-hybridized carbons (Fsp3) is 0.400. The second-order valence-corrected chi connectivity index (χ2v) is 3.73. The molecule has 0 unspecified atom stereocenters. The van der Waals surface area contributed by atoms with Gasteiger partial charge in [0.15, 0.2) is 0 Å². The molecule has 1 saturated carbocycles. The molecule has 0 saturated heterocycles. The molecule has 1 aliphatic rings. The molecule has 2 heterocycles. The number of aromatic nitrogens is 3. The predicted molar refractivity (Wildman–Crippen MR) is 55.2 cm³/mol. The van der Waals surface area contributed by atoms with Crippen molar-refractivity contribution in [2.24, 2.45) is 0 Å². The minimum Gasteiger partial charge on any atom is -0.367 e. The van der Waals surface area contributed by atoms with E-state index in [1.165, 1.54) is 19.3 Å². The standard InChI is InChI=1S/C10H12N4/c1-2-7(3-1)14-10-8-4-5-11-9(8)12-6-13-10/h4-7H,1-3H2,(H2,11,12,13,14). The molecule has 4 heteroatoms. The van der Waals surface area contributed by atoms with Crippen molar-refractivity contribution in [2.75, 3.05) is 5.32 Å². The largest absolute Gasteiger partial charge is 0.367 e. The number of fused-ring (bicyclic) bond motifs is 1. The van der Waals surface area contributed by atoms with Gasteiger partial charge in [0.05, 0.1) is 5.39 Å². The van der Waals surface area contributed by atoms with Crippen molar-refractivity contribution >= 4 is 16.9 Å². The number of hydrogen-bond donors (Lipinski definition) is 2. The maximum Gasteiger partial charge on any atom is 0.142 e. The lowest BCUT2D eigenvalue weighted by Gasteiger charge is -2.26. The topological polar surface area (TPSA) is 53.6 Å². The fourth-order valence-electron chi connectivity index (χ4n) is 1.73. The molecule has 14 heavy (non-hydrogen) atoms. The average Bonchev–Trinajstić information content (AvgIpc) is 2.59. The molecule has 0 aromatic carbocycles. The van der Waals surface area contributed by atoms with Crippen LogP contribution in [0.25, 0.3) is 11.0 Å². The normalized spacial score (nSPS) is 16.9. The summed E-state index contributed by atoms with van der Waals surface area (Å²) >= 11 is 0. The maximum atomic E-state index is 4.26. The number of rotatable bonds is 2.